The van der Waals surface area contributed by atoms with Crippen molar-refractivity contribution in [3.8, 4) is 0 Å². The number of nitro groups is 1. The number of primary amides is 1. The molecule has 0 aromatic carbocycles. The molecule has 1 amide bonds. The van der Waals surface area contributed by atoms with Gasteiger partial charge >= 0.3 is 5.69 Å². The number of nitrogens with one attached hydrogen (secondary N) is 2. The van der Waals surface area contributed by atoms with Crippen LogP contribution in [-0.2, 0) is 4.79 Å². The lowest BCUT2D eigenvalue weighted by molar-refractivity contribution is -0.385. The van der Waals surface area contributed by atoms with E-state index >= 15 is 0 Å². The molecule has 20 heavy (non-hydrogen) atoms. The third-order valence-corrected chi connectivity index (χ3v) is 2.62. The fourth-order valence-electron chi connectivity index (χ4n) is 1.47. The highest BCUT2D eigenvalue weighted by atomic mass is 16.6. The van der Waals surface area contributed by atoms with E-state index in [1.54, 1.807) is 0 Å². The summed E-state index contributed by atoms with van der Waals surface area (Å²) in [6.45, 7) is 6.95. The summed E-state index contributed by atoms with van der Waals surface area (Å²) in [6.07, 6.45) is 0. The fourth-order valence-corrected chi connectivity index (χ4v) is 1.47. The second-order valence-electron chi connectivity index (χ2n) is 4.73. The first-order valence-corrected chi connectivity index (χ1v) is 6.04. The molecule has 0 unspecified atom stereocenters. The maximum Gasteiger partial charge on any atom is 0.332 e. The quantitative estimate of drug-likeness (QED) is 0.518. The predicted molar refractivity (Wildman–Crippen MR) is 74.5 cm³/mol. The topological polar surface area (TPSA) is 136 Å². The van der Waals surface area contributed by atoms with E-state index in [1.165, 1.54) is 20.8 Å². The van der Waals surface area contributed by atoms with Crippen molar-refractivity contribution in [2.75, 3.05) is 17.2 Å². The van der Waals surface area contributed by atoms with Gasteiger partial charge in [0.25, 0.3) is 0 Å². The van der Waals surface area contributed by atoms with E-state index in [2.05, 4.69) is 20.6 Å². The molecule has 0 aliphatic carbocycles. The molecule has 1 rings (SSSR count). The molecule has 9 nitrogen and oxygen atoms in total. The number of hydrogen-bond donors (Lipinski definition) is 3. The molecule has 0 saturated heterocycles. The molecule has 0 fully saturated rings. The van der Waals surface area contributed by atoms with E-state index < -0.39 is 16.4 Å². The smallest absolute Gasteiger partial charge is 0.332 e. The Kier molecular flexibility index (Phi) is 4.43. The Hall–Kier alpha value is -2.45. The first-order valence-electron chi connectivity index (χ1n) is 6.04. The lowest BCUT2D eigenvalue weighted by Crippen LogP contribution is -2.45. The molecular formula is C11H18N6O3. The van der Waals surface area contributed by atoms with E-state index in [0.29, 0.717) is 6.54 Å². The molecule has 0 atom stereocenters. The van der Waals surface area contributed by atoms with Gasteiger partial charge in [-0.1, -0.05) is 0 Å². The molecular weight excluding hydrogens is 264 g/mol. The van der Waals surface area contributed by atoms with Gasteiger partial charge in [0, 0.05) is 6.54 Å². The molecule has 0 saturated carbocycles. The lowest BCUT2D eigenvalue weighted by atomic mass is 10.1. The SMILES string of the molecule is CCNc1nc(C)c([N+](=O)[O-])c(NC(C)(C)C(N)=O)n1. The van der Waals surface area contributed by atoms with Crippen molar-refractivity contribution in [3.63, 3.8) is 0 Å². The average molecular weight is 282 g/mol. The van der Waals surface area contributed by atoms with Crippen molar-refractivity contribution >= 4 is 23.4 Å². The lowest BCUT2D eigenvalue weighted by Gasteiger charge is -2.23. The average Bonchev–Trinajstić information content (AvgIpc) is 2.27. The van der Waals surface area contributed by atoms with Crippen molar-refractivity contribution in [1.82, 2.24) is 9.97 Å². The van der Waals surface area contributed by atoms with Crippen molar-refractivity contribution in [1.29, 1.82) is 0 Å². The van der Waals surface area contributed by atoms with Crippen LogP contribution in [-0.4, -0.2) is 32.9 Å². The summed E-state index contributed by atoms with van der Waals surface area (Å²) in [4.78, 5) is 29.9. The van der Waals surface area contributed by atoms with Crippen LogP contribution < -0.4 is 16.4 Å². The van der Waals surface area contributed by atoms with E-state index in [4.69, 9.17) is 5.73 Å². The number of nitrogens with zero attached hydrogens (tertiary/aromatic N) is 3. The molecule has 1 aromatic rings. The summed E-state index contributed by atoms with van der Waals surface area (Å²) >= 11 is 0. The number of aromatic nitrogens is 2. The van der Waals surface area contributed by atoms with Gasteiger partial charge in [0.2, 0.25) is 17.7 Å². The van der Waals surface area contributed by atoms with Crippen molar-refractivity contribution in [2.45, 2.75) is 33.2 Å². The van der Waals surface area contributed by atoms with Gasteiger partial charge < -0.3 is 16.4 Å². The van der Waals surface area contributed by atoms with Crippen molar-refractivity contribution < 1.29 is 9.72 Å². The van der Waals surface area contributed by atoms with Crippen molar-refractivity contribution in [3.05, 3.63) is 15.8 Å². The van der Waals surface area contributed by atoms with Gasteiger partial charge in [0.15, 0.2) is 0 Å². The molecule has 1 aromatic heterocycles. The Morgan fingerprint density at radius 1 is 1.45 bits per heavy atom. The van der Waals surface area contributed by atoms with Crippen molar-refractivity contribution in [2.24, 2.45) is 5.73 Å². The van der Waals surface area contributed by atoms with Gasteiger partial charge in [-0.3, -0.25) is 14.9 Å². The Morgan fingerprint density at radius 3 is 2.50 bits per heavy atom. The summed E-state index contributed by atoms with van der Waals surface area (Å²) in [5.74, 6) is -0.436. The standard InChI is InChI=1S/C11H18N6O3/c1-5-13-10-14-6(2)7(17(19)20)8(15-10)16-11(3,4)9(12)18/h5H2,1-4H3,(H2,12,18)(H2,13,14,15,16). The van der Waals surface area contributed by atoms with Gasteiger partial charge in [-0.2, -0.15) is 4.98 Å². The highest BCUT2D eigenvalue weighted by molar-refractivity contribution is 5.87. The minimum Gasteiger partial charge on any atom is -0.368 e. The molecule has 0 aliphatic heterocycles. The maximum atomic E-state index is 11.3. The highest BCUT2D eigenvalue weighted by Gasteiger charge is 2.30. The number of nitrogens with two attached hydrogens (primary N) is 1. The third-order valence-electron chi connectivity index (χ3n) is 2.62. The fraction of sp³-hybridized carbons (Fsp3) is 0.545. The van der Waals surface area contributed by atoms with Crippen LogP contribution in [0, 0.1) is 17.0 Å². The summed E-state index contributed by atoms with van der Waals surface area (Å²) in [7, 11) is 0. The molecule has 110 valence electrons. The monoisotopic (exact) mass is 282 g/mol. The summed E-state index contributed by atoms with van der Waals surface area (Å²) < 4.78 is 0. The predicted octanol–water partition coefficient (Wildman–Crippen LogP) is 0.801. The first kappa shape index (κ1) is 15.6. The Balaban J connectivity index is 3.33. The molecule has 0 aliphatic rings. The molecule has 0 spiro atoms. The van der Waals surface area contributed by atoms with Crippen LogP contribution in [0.2, 0.25) is 0 Å². The zero-order valence-electron chi connectivity index (χ0n) is 11.9. The highest BCUT2D eigenvalue weighted by Crippen LogP contribution is 2.28. The molecule has 9 heteroatoms. The minimum absolute atomic E-state index is 0.0396. The zero-order chi connectivity index (χ0) is 15.5. The number of rotatable bonds is 6. The zero-order valence-corrected chi connectivity index (χ0v) is 11.9. The van der Waals surface area contributed by atoms with Crippen LogP contribution in [0.5, 0.6) is 0 Å². The number of anilines is 2. The van der Waals surface area contributed by atoms with Crippen LogP contribution in [0.25, 0.3) is 0 Å². The number of hydrogen-bond acceptors (Lipinski definition) is 7. The molecule has 4 N–H and O–H groups in total. The number of aryl methyl sites for hydroxylation is 1. The van der Waals surface area contributed by atoms with E-state index in [-0.39, 0.29) is 23.1 Å². The number of carbonyl (C=O) groups excluding carboxylic acids is 1. The van der Waals surface area contributed by atoms with Crippen LogP contribution in [0.4, 0.5) is 17.5 Å². The van der Waals surface area contributed by atoms with Crippen LogP contribution in [0.1, 0.15) is 26.5 Å². The summed E-state index contributed by atoms with van der Waals surface area (Å²) in [5, 5.41) is 16.7. The van der Waals surface area contributed by atoms with Gasteiger partial charge in [0.05, 0.1) is 4.92 Å². The number of carbonyl (C=O) groups is 1. The largest absolute Gasteiger partial charge is 0.368 e. The Morgan fingerprint density at radius 2 is 2.05 bits per heavy atom. The molecule has 0 radical (unpaired) electrons. The second kappa shape index (κ2) is 5.68. The minimum atomic E-state index is -1.17. The van der Waals surface area contributed by atoms with Crippen LogP contribution in [0.3, 0.4) is 0 Å². The van der Waals surface area contributed by atoms with Crippen LogP contribution >= 0.6 is 0 Å². The van der Waals surface area contributed by atoms with Gasteiger partial charge in [0.1, 0.15) is 11.2 Å². The Bertz CT molecular complexity index is 543. The molecule has 1 heterocycles. The summed E-state index contributed by atoms with van der Waals surface area (Å²) in [6, 6.07) is 0. The number of amides is 1. The Labute approximate surface area is 116 Å². The molecule has 0 bridgehead atoms. The van der Waals surface area contributed by atoms with Crippen LogP contribution in [0.15, 0.2) is 0 Å². The first-order chi connectivity index (χ1) is 9.19. The van der Waals surface area contributed by atoms with Gasteiger partial charge in [-0.15, -0.1) is 0 Å². The van der Waals surface area contributed by atoms with Gasteiger partial charge in [-0.05, 0) is 27.7 Å². The maximum absolute atomic E-state index is 11.3. The van der Waals surface area contributed by atoms with E-state index in [0.717, 1.165) is 0 Å². The summed E-state index contributed by atoms with van der Waals surface area (Å²) in [5.41, 5.74) is 4.00. The van der Waals surface area contributed by atoms with Gasteiger partial charge in [-0.25, -0.2) is 4.98 Å². The normalized spacial score (nSPS) is 11.0. The van der Waals surface area contributed by atoms with E-state index in [1.807, 2.05) is 6.92 Å². The second-order valence-corrected chi connectivity index (χ2v) is 4.73. The third kappa shape index (κ3) is 3.31. The van der Waals surface area contributed by atoms with E-state index in [9.17, 15) is 14.9 Å².